The zero-order valence-corrected chi connectivity index (χ0v) is 17.2. The van der Waals surface area contributed by atoms with Crippen molar-refractivity contribution in [1.82, 2.24) is 14.9 Å². The molecule has 1 aromatic carbocycles. The first-order valence-electron chi connectivity index (χ1n) is 8.74. The molecule has 0 spiro atoms. The van der Waals surface area contributed by atoms with Gasteiger partial charge in [-0.25, -0.2) is 13.1 Å². The van der Waals surface area contributed by atoms with E-state index in [9.17, 15) is 13.2 Å². The van der Waals surface area contributed by atoms with Gasteiger partial charge in [-0.1, -0.05) is 23.7 Å². The number of hydrogen-bond acceptors (Lipinski definition) is 5. The number of amides is 1. The Morgan fingerprint density at radius 3 is 2.85 bits per heavy atom. The van der Waals surface area contributed by atoms with Crippen LogP contribution in [0.4, 0.5) is 0 Å². The molecule has 1 amide bonds. The summed E-state index contributed by atoms with van der Waals surface area (Å²) in [5.74, 6) is -0.176. The molecule has 0 fully saturated rings. The summed E-state index contributed by atoms with van der Waals surface area (Å²) in [5, 5.41) is 5.13. The number of nitrogens with one attached hydrogen (secondary N) is 2. The standard InChI is InChI=1S/C18H22ClN3O3S2/c19-15-3-1-2-4-17(15)27(24,25)21-8-5-18(23)20-9-11-22-10-6-16-14(13-22)7-12-26-16/h1-4,7,12,21H,5-6,8-11,13H2,(H,20,23). The van der Waals surface area contributed by atoms with Crippen LogP contribution >= 0.6 is 22.9 Å². The monoisotopic (exact) mass is 427 g/mol. The third kappa shape index (κ3) is 5.52. The minimum Gasteiger partial charge on any atom is -0.355 e. The maximum absolute atomic E-state index is 12.2. The van der Waals surface area contributed by atoms with Crippen molar-refractivity contribution in [2.75, 3.05) is 26.2 Å². The second kappa shape index (κ2) is 9.16. The molecule has 0 bridgehead atoms. The molecule has 27 heavy (non-hydrogen) atoms. The van der Waals surface area contributed by atoms with Crippen molar-refractivity contribution in [2.24, 2.45) is 0 Å². The number of sulfonamides is 1. The summed E-state index contributed by atoms with van der Waals surface area (Å²) >= 11 is 7.72. The number of carbonyl (C=O) groups excluding carboxylic acids is 1. The first-order valence-corrected chi connectivity index (χ1v) is 11.5. The maximum atomic E-state index is 12.2. The largest absolute Gasteiger partial charge is 0.355 e. The molecule has 2 heterocycles. The number of benzene rings is 1. The van der Waals surface area contributed by atoms with Crippen molar-refractivity contribution < 1.29 is 13.2 Å². The zero-order valence-electron chi connectivity index (χ0n) is 14.8. The van der Waals surface area contributed by atoms with Gasteiger partial charge < -0.3 is 5.32 Å². The lowest BCUT2D eigenvalue weighted by atomic mass is 10.1. The third-order valence-electron chi connectivity index (χ3n) is 4.41. The maximum Gasteiger partial charge on any atom is 0.242 e. The van der Waals surface area contributed by atoms with Crippen LogP contribution in [0.15, 0.2) is 40.6 Å². The highest BCUT2D eigenvalue weighted by molar-refractivity contribution is 7.89. The fourth-order valence-electron chi connectivity index (χ4n) is 2.98. The molecule has 2 aromatic rings. The third-order valence-corrected chi connectivity index (χ3v) is 7.39. The van der Waals surface area contributed by atoms with Crippen molar-refractivity contribution in [2.45, 2.75) is 24.3 Å². The fraction of sp³-hybridized carbons (Fsp3) is 0.389. The number of nitrogens with zero attached hydrogens (tertiary/aromatic N) is 1. The molecule has 6 nitrogen and oxygen atoms in total. The number of carbonyl (C=O) groups is 1. The van der Waals surface area contributed by atoms with Gasteiger partial charge in [-0.2, -0.15) is 0 Å². The van der Waals surface area contributed by atoms with Gasteiger partial charge in [0.1, 0.15) is 4.90 Å². The van der Waals surface area contributed by atoms with Gasteiger partial charge in [0.2, 0.25) is 15.9 Å². The Labute approximate surface area is 168 Å². The van der Waals surface area contributed by atoms with E-state index in [1.165, 1.54) is 22.6 Å². The van der Waals surface area contributed by atoms with Crippen LogP contribution in [-0.4, -0.2) is 45.4 Å². The molecule has 1 aliphatic rings. The number of rotatable bonds is 8. The summed E-state index contributed by atoms with van der Waals surface area (Å²) in [6.45, 7) is 3.29. The van der Waals surface area contributed by atoms with E-state index in [4.69, 9.17) is 11.6 Å². The summed E-state index contributed by atoms with van der Waals surface area (Å²) in [5.41, 5.74) is 1.38. The van der Waals surface area contributed by atoms with Gasteiger partial charge in [-0.05, 0) is 35.6 Å². The molecule has 0 atom stereocenters. The lowest BCUT2D eigenvalue weighted by Crippen LogP contribution is -2.38. The second-order valence-electron chi connectivity index (χ2n) is 6.32. The predicted molar refractivity (Wildman–Crippen MR) is 108 cm³/mol. The zero-order chi connectivity index (χ0) is 19.3. The van der Waals surface area contributed by atoms with E-state index in [0.717, 1.165) is 26.1 Å². The number of fused-ring (bicyclic) bond motifs is 1. The van der Waals surface area contributed by atoms with E-state index in [1.54, 1.807) is 23.5 Å². The molecule has 3 rings (SSSR count). The normalized spacial score (nSPS) is 14.7. The average molecular weight is 428 g/mol. The van der Waals surface area contributed by atoms with Crippen LogP contribution in [0.2, 0.25) is 5.02 Å². The van der Waals surface area contributed by atoms with E-state index < -0.39 is 10.0 Å². The van der Waals surface area contributed by atoms with E-state index >= 15 is 0 Å². The molecule has 146 valence electrons. The average Bonchev–Trinajstić information content (AvgIpc) is 3.09. The number of halogens is 1. The van der Waals surface area contributed by atoms with Gasteiger partial charge in [-0.15, -0.1) is 11.3 Å². The van der Waals surface area contributed by atoms with Crippen molar-refractivity contribution in [1.29, 1.82) is 0 Å². The van der Waals surface area contributed by atoms with Crippen LogP contribution in [0.5, 0.6) is 0 Å². The Hall–Kier alpha value is -1.45. The van der Waals surface area contributed by atoms with E-state index in [0.29, 0.717) is 6.54 Å². The Balaban J connectivity index is 1.36. The van der Waals surface area contributed by atoms with Crippen LogP contribution in [0.3, 0.4) is 0 Å². The molecule has 1 aliphatic heterocycles. The van der Waals surface area contributed by atoms with E-state index in [2.05, 4.69) is 26.4 Å². The Kier molecular flexibility index (Phi) is 6.88. The highest BCUT2D eigenvalue weighted by atomic mass is 35.5. The highest BCUT2D eigenvalue weighted by Crippen LogP contribution is 2.23. The molecular weight excluding hydrogens is 406 g/mol. The van der Waals surface area contributed by atoms with Gasteiger partial charge in [0.25, 0.3) is 0 Å². The second-order valence-corrected chi connectivity index (χ2v) is 9.47. The van der Waals surface area contributed by atoms with Gasteiger partial charge >= 0.3 is 0 Å². The van der Waals surface area contributed by atoms with Crippen LogP contribution in [0, 0.1) is 0 Å². The van der Waals surface area contributed by atoms with Crippen LogP contribution in [0.25, 0.3) is 0 Å². The van der Waals surface area contributed by atoms with Crippen molar-refractivity contribution in [3.63, 3.8) is 0 Å². The first kappa shape index (κ1) is 20.3. The lowest BCUT2D eigenvalue weighted by molar-refractivity contribution is -0.120. The topological polar surface area (TPSA) is 78.5 Å². The van der Waals surface area contributed by atoms with Crippen molar-refractivity contribution in [3.05, 3.63) is 51.2 Å². The molecular formula is C18H22ClN3O3S2. The number of hydrogen-bond donors (Lipinski definition) is 2. The summed E-state index contributed by atoms with van der Waals surface area (Å²) < 4.78 is 26.8. The van der Waals surface area contributed by atoms with E-state index in [1.807, 2.05) is 0 Å². The van der Waals surface area contributed by atoms with Gasteiger partial charge in [-0.3, -0.25) is 9.69 Å². The minimum absolute atomic E-state index is 0.0185. The van der Waals surface area contributed by atoms with Crippen LogP contribution in [0.1, 0.15) is 16.9 Å². The molecule has 0 unspecified atom stereocenters. The van der Waals surface area contributed by atoms with Crippen molar-refractivity contribution >= 4 is 38.9 Å². The van der Waals surface area contributed by atoms with Crippen LogP contribution < -0.4 is 10.0 Å². The molecule has 0 saturated carbocycles. The highest BCUT2D eigenvalue weighted by Gasteiger charge is 2.18. The van der Waals surface area contributed by atoms with Gasteiger partial charge in [0, 0.05) is 44.0 Å². The molecule has 2 N–H and O–H groups in total. The first-order chi connectivity index (χ1) is 13.0. The molecule has 0 aliphatic carbocycles. The van der Waals surface area contributed by atoms with Crippen molar-refractivity contribution in [3.8, 4) is 0 Å². The van der Waals surface area contributed by atoms with Gasteiger partial charge in [0.05, 0.1) is 5.02 Å². The quantitative estimate of drug-likeness (QED) is 0.677. The summed E-state index contributed by atoms with van der Waals surface area (Å²) in [6.07, 6.45) is 1.14. The van der Waals surface area contributed by atoms with Crippen LogP contribution in [-0.2, 0) is 27.8 Å². The number of thiophene rings is 1. The predicted octanol–water partition coefficient (Wildman–Crippen LogP) is 2.24. The summed E-state index contributed by atoms with van der Waals surface area (Å²) in [4.78, 5) is 15.7. The fourth-order valence-corrected chi connectivity index (χ4v) is 5.42. The summed E-state index contributed by atoms with van der Waals surface area (Å²) in [6, 6.07) is 8.38. The molecule has 9 heteroatoms. The minimum atomic E-state index is -3.72. The molecule has 0 saturated heterocycles. The summed E-state index contributed by atoms with van der Waals surface area (Å²) in [7, 11) is -3.72. The SMILES string of the molecule is O=C(CCNS(=O)(=O)c1ccccc1Cl)NCCN1CCc2sccc2C1. The Morgan fingerprint density at radius 1 is 1.22 bits per heavy atom. The van der Waals surface area contributed by atoms with Gasteiger partial charge in [0.15, 0.2) is 0 Å². The van der Waals surface area contributed by atoms with E-state index in [-0.39, 0.29) is 28.8 Å². The smallest absolute Gasteiger partial charge is 0.242 e. The molecule has 1 aromatic heterocycles. The Bertz CT molecular complexity index is 899. The molecule has 0 radical (unpaired) electrons. The Morgan fingerprint density at radius 2 is 2.04 bits per heavy atom. The lowest BCUT2D eigenvalue weighted by Gasteiger charge is -2.26.